The van der Waals surface area contributed by atoms with Crippen LogP contribution in [0.3, 0.4) is 0 Å². The van der Waals surface area contributed by atoms with Gasteiger partial charge in [-0.15, -0.1) is 0 Å². The lowest BCUT2D eigenvalue weighted by molar-refractivity contribution is -0.187. The van der Waals surface area contributed by atoms with Gasteiger partial charge in [0.2, 0.25) is 0 Å². The van der Waals surface area contributed by atoms with Gasteiger partial charge in [0.25, 0.3) is 0 Å². The summed E-state index contributed by atoms with van der Waals surface area (Å²) in [5.41, 5.74) is -0.0882. The Labute approximate surface area is 290 Å². The van der Waals surface area contributed by atoms with Crippen LogP contribution >= 0.6 is 0 Å². The second-order valence-corrected chi connectivity index (χ2v) is 16.7. The van der Waals surface area contributed by atoms with Gasteiger partial charge in [-0.25, -0.2) is 0 Å². The summed E-state index contributed by atoms with van der Waals surface area (Å²) in [6.07, 6.45) is 9.36. The van der Waals surface area contributed by atoms with Crippen molar-refractivity contribution < 1.29 is 43.1 Å². The molecule has 48 heavy (non-hydrogen) atoms. The monoisotopic (exact) mass is 680 g/mol. The van der Waals surface area contributed by atoms with Crippen molar-refractivity contribution in [3.05, 3.63) is 0 Å². The SMILES string of the molecule is CCC(C)(C)C(=O)OC1CC[C@@]2(C)C(C1)CC(O)C1C3CCC(C(C)CCC(=O)OC(C)OCCOCCOCCOC)[C@@]3(C)CCC12. The smallest absolute Gasteiger partial charge is 0.311 e. The van der Waals surface area contributed by atoms with E-state index in [1.165, 1.54) is 6.42 Å². The normalized spacial score (nSPS) is 36.0. The Kier molecular flexibility index (Phi) is 14.2. The fourth-order valence-corrected chi connectivity index (χ4v) is 10.3. The molecule has 9 unspecified atom stereocenters. The molecule has 0 aromatic rings. The zero-order chi connectivity index (χ0) is 35.1. The maximum absolute atomic E-state index is 12.9. The van der Waals surface area contributed by atoms with Crippen molar-refractivity contribution in [2.75, 3.05) is 46.8 Å². The summed E-state index contributed by atoms with van der Waals surface area (Å²) in [7, 11) is 1.64. The first-order chi connectivity index (χ1) is 22.8. The molecule has 0 saturated heterocycles. The van der Waals surface area contributed by atoms with E-state index in [2.05, 4.69) is 20.8 Å². The minimum Gasteiger partial charge on any atom is -0.462 e. The summed E-state index contributed by atoms with van der Waals surface area (Å²) in [6, 6.07) is 0. The number of rotatable bonds is 18. The molecule has 0 amide bonds. The van der Waals surface area contributed by atoms with Crippen LogP contribution < -0.4 is 0 Å². The standard InChI is InChI=1S/C39H68O9/c1-9-37(4,5)36(42)48-29-14-16-38(6)28(24-29)25-33(40)35-31-12-11-30(39(31,7)17-15-32(35)38)26(2)10-13-34(41)47-27(3)46-23-22-45-21-20-44-19-18-43-8/h26-33,35,40H,9-25H2,1-8H3/t26?,27?,28?,29?,30?,31?,32?,33?,35?,38-,39+/m0/s1. The molecule has 4 fully saturated rings. The fourth-order valence-electron chi connectivity index (χ4n) is 10.3. The molecule has 0 bridgehead atoms. The maximum Gasteiger partial charge on any atom is 0.311 e. The van der Waals surface area contributed by atoms with Crippen molar-refractivity contribution in [2.24, 2.45) is 51.8 Å². The quantitative estimate of drug-likeness (QED) is 0.0933. The van der Waals surface area contributed by atoms with Gasteiger partial charge < -0.3 is 33.5 Å². The number of ether oxygens (including phenoxy) is 6. The number of carbonyl (C=O) groups excluding carboxylic acids is 2. The van der Waals surface area contributed by atoms with Crippen LogP contribution in [0.5, 0.6) is 0 Å². The van der Waals surface area contributed by atoms with E-state index < -0.39 is 11.7 Å². The van der Waals surface area contributed by atoms with Gasteiger partial charge in [0, 0.05) is 13.5 Å². The molecule has 9 heteroatoms. The molecule has 0 radical (unpaired) electrons. The van der Waals surface area contributed by atoms with Crippen molar-refractivity contribution >= 4 is 11.9 Å². The van der Waals surface area contributed by atoms with Gasteiger partial charge in [0.15, 0.2) is 6.29 Å². The number of carbonyl (C=O) groups is 2. The van der Waals surface area contributed by atoms with Crippen LogP contribution in [0.4, 0.5) is 0 Å². The Bertz CT molecular complexity index is 1030. The molecule has 278 valence electrons. The summed E-state index contributed by atoms with van der Waals surface area (Å²) in [5.74, 6) is 2.39. The van der Waals surface area contributed by atoms with Crippen LogP contribution in [0.15, 0.2) is 0 Å². The van der Waals surface area contributed by atoms with E-state index in [0.717, 1.165) is 57.8 Å². The van der Waals surface area contributed by atoms with E-state index in [1.807, 2.05) is 20.8 Å². The molecule has 1 N–H and O–H groups in total. The highest BCUT2D eigenvalue weighted by Crippen LogP contribution is 2.68. The molecule has 0 aromatic heterocycles. The first kappa shape index (κ1) is 39.5. The molecule has 9 nitrogen and oxygen atoms in total. The second kappa shape index (κ2) is 17.3. The minimum absolute atomic E-state index is 0.0343. The van der Waals surface area contributed by atoms with Crippen LogP contribution in [0.25, 0.3) is 0 Å². The third-order valence-electron chi connectivity index (χ3n) is 13.6. The zero-order valence-corrected chi connectivity index (χ0v) is 31.4. The number of aliphatic hydroxyl groups is 1. The predicted octanol–water partition coefficient (Wildman–Crippen LogP) is 6.97. The number of esters is 2. The molecule has 4 saturated carbocycles. The van der Waals surface area contributed by atoms with E-state index in [4.69, 9.17) is 28.4 Å². The Morgan fingerprint density at radius 2 is 1.52 bits per heavy atom. The van der Waals surface area contributed by atoms with Crippen LogP contribution in [-0.2, 0) is 38.0 Å². The Balaban J connectivity index is 1.23. The third kappa shape index (κ3) is 9.15. The Morgan fingerprint density at radius 3 is 2.21 bits per heavy atom. The number of aliphatic hydroxyl groups excluding tert-OH is 1. The average molecular weight is 681 g/mol. The predicted molar refractivity (Wildman–Crippen MR) is 184 cm³/mol. The van der Waals surface area contributed by atoms with Crippen molar-refractivity contribution in [1.29, 1.82) is 0 Å². The fraction of sp³-hybridized carbons (Fsp3) is 0.949. The largest absolute Gasteiger partial charge is 0.462 e. The van der Waals surface area contributed by atoms with Gasteiger partial charge in [-0.1, -0.05) is 27.7 Å². The molecule has 0 spiro atoms. The Hall–Kier alpha value is -1.26. The summed E-state index contributed by atoms with van der Waals surface area (Å²) in [5, 5.41) is 11.8. The summed E-state index contributed by atoms with van der Waals surface area (Å²) >= 11 is 0. The minimum atomic E-state index is -0.610. The van der Waals surface area contributed by atoms with Crippen molar-refractivity contribution in [3.8, 4) is 0 Å². The third-order valence-corrected chi connectivity index (χ3v) is 13.6. The lowest BCUT2D eigenvalue weighted by Crippen LogP contribution is -2.59. The maximum atomic E-state index is 12.9. The second-order valence-electron chi connectivity index (χ2n) is 16.7. The first-order valence-corrected chi connectivity index (χ1v) is 19.1. The molecular weight excluding hydrogens is 612 g/mol. The zero-order valence-electron chi connectivity index (χ0n) is 31.4. The van der Waals surface area contributed by atoms with E-state index in [9.17, 15) is 14.7 Å². The van der Waals surface area contributed by atoms with Gasteiger partial charge in [0.05, 0.1) is 51.2 Å². The molecule has 11 atom stereocenters. The lowest BCUT2D eigenvalue weighted by atomic mass is 9.43. The van der Waals surface area contributed by atoms with Gasteiger partial charge >= 0.3 is 11.9 Å². The van der Waals surface area contributed by atoms with Gasteiger partial charge in [-0.3, -0.25) is 9.59 Å². The average Bonchev–Trinajstić information content (AvgIpc) is 3.40. The molecule has 0 aromatic carbocycles. The van der Waals surface area contributed by atoms with E-state index in [-0.39, 0.29) is 35.0 Å². The van der Waals surface area contributed by atoms with E-state index in [1.54, 1.807) is 14.0 Å². The molecule has 4 aliphatic rings. The van der Waals surface area contributed by atoms with Gasteiger partial charge in [0.1, 0.15) is 6.10 Å². The number of hydrogen-bond donors (Lipinski definition) is 1. The highest BCUT2D eigenvalue weighted by molar-refractivity contribution is 5.76. The summed E-state index contributed by atoms with van der Waals surface area (Å²) < 4.78 is 33.0. The topological polar surface area (TPSA) is 110 Å². The molecular formula is C39H68O9. The van der Waals surface area contributed by atoms with Crippen molar-refractivity contribution in [2.45, 2.75) is 138 Å². The van der Waals surface area contributed by atoms with Crippen molar-refractivity contribution in [3.63, 3.8) is 0 Å². The Morgan fingerprint density at radius 1 is 0.875 bits per heavy atom. The molecule has 4 rings (SSSR count). The lowest BCUT2D eigenvalue weighted by Gasteiger charge is -2.62. The van der Waals surface area contributed by atoms with Crippen molar-refractivity contribution in [1.82, 2.24) is 0 Å². The number of methoxy groups -OCH3 is 1. The van der Waals surface area contributed by atoms with E-state index >= 15 is 0 Å². The molecule has 0 heterocycles. The van der Waals surface area contributed by atoms with Crippen LogP contribution in [0, 0.1) is 51.8 Å². The van der Waals surface area contributed by atoms with Crippen LogP contribution in [0.1, 0.15) is 119 Å². The van der Waals surface area contributed by atoms with Crippen LogP contribution in [0.2, 0.25) is 0 Å². The van der Waals surface area contributed by atoms with Gasteiger partial charge in [-0.05, 0) is 131 Å². The first-order valence-electron chi connectivity index (χ1n) is 19.1. The van der Waals surface area contributed by atoms with Gasteiger partial charge in [-0.2, -0.15) is 0 Å². The molecule has 0 aliphatic heterocycles. The van der Waals surface area contributed by atoms with E-state index in [0.29, 0.717) is 81.6 Å². The van der Waals surface area contributed by atoms with Crippen LogP contribution in [-0.4, -0.2) is 82.3 Å². The highest BCUT2D eigenvalue weighted by atomic mass is 16.7. The summed E-state index contributed by atoms with van der Waals surface area (Å²) in [4.78, 5) is 25.6. The number of fused-ring (bicyclic) bond motifs is 5. The number of hydrogen-bond acceptors (Lipinski definition) is 9. The highest BCUT2D eigenvalue weighted by Gasteiger charge is 2.63. The summed E-state index contributed by atoms with van der Waals surface area (Å²) in [6.45, 7) is 17.9. The molecule has 4 aliphatic carbocycles.